The Kier molecular flexibility index (Phi) is 6.06. The quantitative estimate of drug-likeness (QED) is 0.662. The van der Waals surface area contributed by atoms with Gasteiger partial charge in [0.25, 0.3) is 0 Å². The summed E-state index contributed by atoms with van der Waals surface area (Å²) in [6, 6.07) is 16.2. The summed E-state index contributed by atoms with van der Waals surface area (Å²) < 4.78 is 5.07. The molecule has 0 spiro atoms. The summed E-state index contributed by atoms with van der Waals surface area (Å²) in [5.74, 6) is 0.385. The van der Waals surface area contributed by atoms with Crippen LogP contribution in [0.1, 0.15) is 11.1 Å². The van der Waals surface area contributed by atoms with Gasteiger partial charge in [0.1, 0.15) is 11.8 Å². The number of hydrogen-bond donors (Lipinski definition) is 2. The second kappa shape index (κ2) is 8.46. The topological polar surface area (TPSA) is 74.2 Å². The van der Waals surface area contributed by atoms with Crippen molar-refractivity contribution in [2.24, 2.45) is 0 Å². The zero-order valence-electron chi connectivity index (χ0n) is 12.9. The van der Waals surface area contributed by atoms with E-state index in [0.29, 0.717) is 11.3 Å². The zero-order valence-corrected chi connectivity index (χ0v) is 13.8. The zero-order chi connectivity index (χ0) is 17.4. The molecule has 0 aliphatic rings. The first-order valence-electron chi connectivity index (χ1n) is 7.05. The average molecular weight is 337 g/mol. The van der Waals surface area contributed by atoms with Gasteiger partial charge in [-0.25, -0.2) is 0 Å². The smallest absolute Gasteiger partial charge is 0.250 e. The van der Waals surface area contributed by atoms with Gasteiger partial charge in [-0.1, -0.05) is 24.3 Å². The van der Waals surface area contributed by atoms with Crippen LogP contribution in [0.25, 0.3) is 6.08 Å². The van der Waals surface area contributed by atoms with E-state index in [1.807, 2.05) is 24.3 Å². The molecule has 0 aromatic heterocycles. The first kappa shape index (κ1) is 17.2. The number of hydrogen-bond acceptors (Lipinski definition) is 4. The van der Waals surface area contributed by atoms with E-state index in [9.17, 15) is 4.79 Å². The lowest BCUT2D eigenvalue weighted by Gasteiger charge is -2.09. The number of carbonyl (C=O) groups is 1. The highest BCUT2D eigenvalue weighted by atomic mass is 32.1. The molecule has 0 unspecified atom stereocenters. The van der Waals surface area contributed by atoms with Gasteiger partial charge >= 0.3 is 0 Å². The minimum absolute atomic E-state index is 0.127. The van der Waals surface area contributed by atoms with E-state index in [0.717, 1.165) is 11.3 Å². The Morgan fingerprint density at radius 3 is 2.58 bits per heavy atom. The number of para-hydroxylation sites is 1. The van der Waals surface area contributed by atoms with E-state index in [1.54, 1.807) is 37.5 Å². The third-order valence-corrected chi connectivity index (χ3v) is 3.28. The van der Waals surface area contributed by atoms with E-state index < -0.39 is 0 Å². The van der Waals surface area contributed by atoms with Crippen LogP contribution in [0.5, 0.6) is 5.75 Å². The van der Waals surface area contributed by atoms with Crippen LogP contribution in [0, 0.1) is 11.3 Å². The van der Waals surface area contributed by atoms with Gasteiger partial charge in [0.2, 0.25) is 5.91 Å². The summed E-state index contributed by atoms with van der Waals surface area (Å²) in [5.41, 5.74) is 1.85. The summed E-state index contributed by atoms with van der Waals surface area (Å²) in [6.07, 6.45) is 3.05. The van der Waals surface area contributed by atoms with E-state index >= 15 is 0 Å². The van der Waals surface area contributed by atoms with Crippen molar-refractivity contribution in [2.75, 3.05) is 12.4 Å². The van der Waals surface area contributed by atoms with Crippen molar-refractivity contribution in [1.82, 2.24) is 5.32 Å². The molecule has 1 amide bonds. The first-order chi connectivity index (χ1) is 11.6. The predicted molar refractivity (Wildman–Crippen MR) is 97.5 cm³/mol. The molecule has 0 aliphatic heterocycles. The lowest BCUT2D eigenvalue weighted by Crippen LogP contribution is -2.33. The highest BCUT2D eigenvalue weighted by Crippen LogP contribution is 2.13. The van der Waals surface area contributed by atoms with Gasteiger partial charge in [-0.2, -0.15) is 5.26 Å². The van der Waals surface area contributed by atoms with Gasteiger partial charge in [-0.15, -0.1) is 0 Å². The van der Waals surface area contributed by atoms with Crippen LogP contribution in [0.3, 0.4) is 0 Å². The fraction of sp³-hybridized carbons (Fsp3) is 0.0556. The van der Waals surface area contributed by atoms with Crippen molar-refractivity contribution in [1.29, 1.82) is 5.26 Å². The van der Waals surface area contributed by atoms with Crippen molar-refractivity contribution < 1.29 is 9.53 Å². The Hall–Kier alpha value is -3.17. The fourth-order valence-electron chi connectivity index (χ4n) is 1.88. The molecule has 0 bridgehead atoms. The third-order valence-electron chi connectivity index (χ3n) is 3.08. The molecule has 5 nitrogen and oxygen atoms in total. The van der Waals surface area contributed by atoms with Crippen LogP contribution in [-0.2, 0) is 4.79 Å². The monoisotopic (exact) mass is 337 g/mol. The normalized spacial score (nSPS) is 10.0. The number of thiocarbonyl (C=S) groups is 1. The number of ether oxygens (including phenoxy) is 1. The highest BCUT2D eigenvalue weighted by molar-refractivity contribution is 7.80. The predicted octanol–water partition coefficient (Wildman–Crippen LogP) is 3.09. The molecule has 2 aromatic rings. The third kappa shape index (κ3) is 4.93. The lowest BCUT2D eigenvalue weighted by molar-refractivity contribution is -0.115. The molecule has 24 heavy (non-hydrogen) atoms. The van der Waals surface area contributed by atoms with Gasteiger partial charge in [0.15, 0.2) is 5.11 Å². The molecule has 0 heterocycles. The summed E-state index contributed by atoms with van der Waals surface area (Å²) in [7, 11) is 1.59. The second-order valence-electron chi connectivity index (χ2n) is 4.71. The number of nitrogens with one attached hydrogen (secondary N) is 2. The van der Waals surface area contributed by atoms with Gasteiger partial charge in [0, 0.05) is 6.08 Å². The standard InChI is InChI=1S/C18H15N3O2S/c1-23-15-9-6-13(7-10-15)8-11-17(22)21-18(24)20-16-5-3-2-4-14(16)12-19/h2-11H,1H3,(H2,20,21,22,24)/b11-8+. The summed E-state index contributed by atoms with van der Waals surface area (Å²) >= 11 is 5.08. The van der Waals surface area contributed by atoms with Crippen LogP contribution in [0.4, 0.5) is 5.69 Å². The minimum Gasteiger partial charge on any atom is -0.497 e. The molecule has 0 fully saturated rings. The van der Waals surface area contributed by atoms with Crippen molar-refractivity contribution in [2.45, 2.75) is 0 Å². The van der Waals surface area contributed by atoms with E-state index in [4.69, 9.17) is 22.2 Å². The number of rotatable bonds is 4. The largest absolute Gasteiger partial charge is 0.497 e. The van der Waals surface area contributed by atoms with Crippen LogP contribution in [0.15, 0.2) is 54.6 Å². The van der Waals surface area contributed by atoms with E-state index in [-0.39, 0.29) is 11.0 Å². The van der Waals surface area contributed by atoms with Crippen molar-refractivity contribution in [3.63, 3.8) is 0 Å². The van der Waals surface area contributed by atoms with E-state index in [2.05, 4.69) is 16.7 Å². The number of benzene rings is 2. The van der Waals surface area contributed by atoms with Gasteiger partial charge < -0.3 is 10.1 Å². The molecule has 6 heteroatoms. The molecular weight excluding hydrogens is 322 g/mol. The average Bonchev–Trinajstić information content (AvgIpc) is 2.60. The van der Waals surface area contributed by atoms with Gasteiger partial charge in [-0.3, -0.25) is 10.1 Å². The molecule has 2 aromatic carbocycles. The molecule has 0 saturated heterocycles. The maximum atomic E-state index is 11.9. The number of nitriles is 1. The molecule has 120 valence electrons. The van der Waals surface area contributed by atoms with Crippen LogP contribution >= 0.6 is 12.2 Å². The van der Waals surface area contributed by atoms with Crippen LogP contribution < -0.4 is 15.4 Å². The van der Waals surface area contributed by atoms with Crippen molar-refractivity contribution in [3.05, 3.63) is 65.7 Å². The summed E-state index contributed by atoms with van der Waals surface area (Å²) in [6.45, 7) is 0. The van der Waals surface area contributed by atoms with Crippen LogP contribution in [-0.4, -0.2) is 18.1 Å². The Balaban J connectivity index is 1.92. The highest BCUT2D eigenvalue weighted by Gasteiger charge is 2.05. The molecule has 0 atom stereocenters. The Labute approximate surface area is 145 Å². The van der Waals surface area contributed by atoms with E-state index in [1.165, 1.54) is 6.08 Å². The van der Waals surface area contributed by atoms with Gasteiger partial charge in [0.05, 0.1) is 18.4 Å². The molecular formula is C18H15N3O2S. The number of methoxy groups -OCH3 is 1. The Morgan fingerprint density at radius 1 is 1.21 bits per heavy atom. The molecule has 0 saturated carbocycles. The molecule has 2 N–H and O–H groups in total. The first-order valence-corrected chi connectivity index (χ1v) is 7.46. The fourth-order valence-corrected chi connectivity index (χ4v) is 2.09. The van der Waals surface area contributed by atoms with Crippen molar-refractivity contribution in [3.8, 4) is 11.8 Å². The van der Waals surface area contributed by atoms with Crippen molar-refractivity contribution >= 4 is 35.0 Å². The lowest BCUT2D eigenvalue weighted by atomic mass is 10.2. The molecule has 0 aliphatic carbocycles. The Morgan fingerprint density at radius 2 is 1.92 bits per heavy atom. The molecule has 2 rings (SSSR count). The maximum Gasteiger partial charge on any atom is 0.250 e. The Bertz CT molecular complexity index is 808. The summed E-state index contributed by atoms with van der Waals surface area (Å²) in [5, 5.41) is 14.5. The van der Waals surface area contributed by atoms with Gasteiger partial charge in [-0.05, 0) is 48.1 Å². The SMILES string of the molecule is COc1ccc(/C=C/C(=O)NC(=S)Nc2ccccc2C#N)cc1. The van der Waals surface area contributed by atoms with Crippen LogP contribution in [0.2, 0.25) is 0 Å². The molecule has 0 radical (unpaired) electrons. The number of amides is 1. The minimum atomic E-state index is -0.363. The summed E-state index contributed by atoms with van der Waals surface area (Å²) in [4.78, 5) is 11.9. The maximum absolute atomic E-state index is 11.9. The number of carbonyl (C=O) groups excluding carboxylic acids is 1. The number of nitrogens with zero attached hydrogens (tertiary/aromatic N) is 1. The number of anilines is 1. The second-order valence-corrected chi connectivity index (χ2v) is 5.12.